The van der Waals surface area contributed by atoms with Crippen molar-refractivity contribution in [3.8, 4) is 5.75 Å². The van der Waals surface area contributed by atoms with Crippen molar-refractivity contribution in [1.29, 1.82) is 0 Å². The van der Waals surface area contributed by atoms with Crippen molar-refractivity contribution >= 4 is 34.3 Å². The molecule has 0 heterocycles. The lowest BCUT2D eigenvalue weighted by Gasteiger charge is -2.00. The maximum atomic E-state index is 9.34. The predicted octanol–water partition coefficient (Wildman–Crippen LogP) is 1.71. The number of benzene rings is 2. The van der Waals surface area contributed by atoms with Gasteiger partial charge in [0.1, 0.15) is 5.75 Å². The largest absolute Gasteiger partial charge is 0.508 e. The minimum atomic E-state index is 0.131. The second kappa shape index (κ2) is 4.80. The Morgan fingerprint density at radius 3 is 2.71 bits per heavy atom. The van der Waals surface area contributed by atoms with E-state index in [1.54, 1.807) is 18.3 Å². The molecule has 0 bridgehead atoms. The van der Waals surface area contributed by atoms with E-state index in [0.717, 1.165) is 16.3 Å². The van der Waals surface area contributed by atoms with Gasteiger partial charge in [-0.05, 0) is 46.8 Å². The fraction of sp³-hybridized carbons (Fsp3) is 0. The molecular weight excluding hydrogens is 234 g/mol. The lowest BCUT2D eigenvalue weighted by atomic mass is 10.1. The molecule has 86 valence electrons. The molecule has 4 nitrogen and oxygen atoms in total. The van der Waals surface area contributed by atoms with Crippen LogP contribution in [0.3, 0.4) is 0 Å². The highest BCUT2D eigenvalue weighted by Crippen LogP contribution is 2.20. The number of fused-ring (bicyclic) bond motifs is 1. The van der Waals surface area contributed by atoms with Crippen LogP contribution < -0.4 is 11.2 Å². The molecule has 0 spiro atoms. The molecule has 0 fully saturated rings. The van der Waals surface area contributed by atoms with Crippen LogP contribution in [0.2, 0.25) is 0 Å². The topological polar surface area (TPSA) is 70.6 Å². The molecule has 0 aliphatic rings. The van der Waals surface area contributed by atoms with Crippen LogP contribution >= 0.6 is 12.2 Å². The number of nitrogens with zero attached hydrogens (tertiary/aromatic N) is 1. The minimum Gasteiger partial charge on any atom is -0.508 e. The van der Waals surface area contributed by atoms with Crippen molar-refractivity contribution in [2.24, 2.45) is 10.8 Å². The fourth-order valence-corrected chi connectivity index (χ4v) is 1.56. The van der Waals surface area contributed by atoms with Crippen molar-refractivity contribution in [3.63, 3.8) is 0 Å². The fourth-order valence-electron chi connectivity index (χ4n) is 1.50. The average Bonchev–Trinajstić information content (AvgIpc) is 2.29. The molecule has 0 aliphatic carbocycles. The van der Waals surface area contributed by atoms with Crippen molar-refractivity contribution in [3.05, 3.63) is 42.0 Å². The van der Waals surface area contributed by atoms with Gasteiger partial charge in [-0.3, -0.25) is 5.43 Å². The van der Waals surface area contributed by atoms with Crippen LogP contribution in [0, 0.1) is 0 Å². The molecule has 0 saturated heterocycles. The van der Waals surface area contributed by atoms with Crippen molar-refractivity contribution in [2.75, 3.05) is 0 Å². The van der Waals surface area contributed by atoms with E-state index in [1.807, 2.05) is 24.3 Å². The van der Waals surface area contributed by atoms with Gasteiger partial charge in [-0.2, -0.15) is 5.10 Å². The van der Waals surface area contributed by atoms with E-state index in [9.17, 15) is 5.11 Å². The van der Waals surface area contributed by atoms with Crippen LogP contribution in [-0.4, -0.2) is 16.4 Å². The molecule has 0 aliphatic heterocycles. The van der Waals surface area contributed by atoms with Crippen LogP contribution in [0.5, 0.6) is 5.75 Å². The summed E-state index contributed by atoms with van der Waals surface area (Å²) in [5, 5.41) is 15.3. The van der Waals surface area contributed by atoms with Gasteiger partial charge in [-0.25, -0.2) is 0 Å². The van der Waals surface area contributed by atoms with Crippen molar-refractivity contribution in [2.45, 2.75) is 0 Å². The molecular formula is C12H11N3OS. The molecule has 4 N–H and O–H groups in total. The first-order chi connectivity index (χ1) is 8.15. The Morgan fingerprint density at radius 1 is 1.24 bits per heavy atom. The number of nitrogens with two attached hydrogens (primary N) is 1. The number of hydrogen-bond acceptors (Lipinski definition) is 3. The maximum absolute atomic E-state index is 9.34. The summed E-state index contributed by atoms with van der Waals surface area (Å²) in [5.74, 6) is 0.258. The van der Waals surface area contributed by atoms with Gasteiger partial charge in [0.05, 0.1) is 6.21 Å². The Kier molecular flexibility index (Phi) is 3.20. The van der Waals surface area contributed by atoms with Gasteiger partial charge in [0.15, 0.2) is 5.11 Å². The number of nitrogens with one attached hydrogen (secondary N) is 1. The zero-order chi connectivity index (χ0) is 12.3. The summed E-state index contributed by atoms with van der Waals surface area (Å²) in [6.07, 6.45) is 1.63. The van der Waals surface area contributed by atoms with E-state index < -0.39 is 0 Å². The molecule has 0 unspecified atom stereocenters. The first-order valence-electron chi connectivity index (χ1n) is 4.96. The van der Waals surface area contributed by atoms with Gasteiger partial charge in [-0.15, -0.1) is 0 Å². The summed E-state index contributed by atoms with van der Waals surface area (Å²) in [7, 11) is 0. The SMILES string of the molecule is NC(=S)NN=Cc1ccc2cc(O)ccc2c1. The van der Waals surface area contributed by atoms with Gasteiger partial charge in [0.25, 0.3) is 0 Å². The lowest BCUT2D eigenvalue weighted by molar-refractivity contribution is 0.476. The molecule has 0 radical (unpaired) electrons. The Labute approximate surface area is 104 Å². The standard InChI is InChI=1S/C12H11N3OS/c13-12(17)15-14-7-8-1-2-10-6-11(16)4-3-9(10)5-8/h1-7,16H,(H3,13,15,17). The van der Waals surface area contributed by atoms with Crippen LogP contribution in [-0.2, 0) is 0 Å². The Hall–Kier alpha value is -2.14. The highest BCUT2D eigenvalue weighted by molar-refractivity contribution is 7.80. The summed E-state index contributed by atoms with van der Waals surface area (Å²) in [6.45, 7) is 0. The van der Waals surface area contributed by atoms with E-state index in [1.165, 1.54) is 0 Å². The molecule has 17 heavy (non-hydrogen) atoms. The van der Waals surface area contributed by atoms with Crippen LogP contribution in [0.1, 0.15) is 5.56 Å². The third-order valence-electron chi connectivity index (χ3n) is 2.24. The summed E-state index contributed by atoms with van der Waals surface area (Å²) in [5.41, 5.74) is 8.66. The monoisotopic (exact) mass is 245 g/mol. The van der Waals surface area contributed by atoms with E-state index in [-0.39, 0.29) is 10.9 Å². The first-order valence-corrected chi connectivity index (χ1v) is 5.37. The molecule has 5 heteroatoms. The minimum absolute atomic E-state index is 0.131. The molecule has 2 aromatic rings. The number of thiocarbonyl (C=S) groups is 1. The summed E-state index contributed by atoms with van der Waals surface area (Å²) in [6, 6.07) is 11.0. The third-order valence-corrected chi connectivity index (χ3v) is 2.33. The highest BCUT2D eigenvalue weighted by Gasteiger charge is 1.96. The van der Waals surface area contributed by atoms with Crippen LogP contribution in [0.15, 0.2) is 41.5 Å². The Balaban J connectivity index is 2.29. The number of phenolic OH excluding ortho intramolecular Hbond substituents is 1. The van der Waals surface area contributed by atoms with Crippen molar-refractivity contribution in [1.82, 2.24) is 5.43 Å². The lowest BCUT2D eigenvalue weighted by Crippen LogP contribution is -2.23. The van der Waals surface area contributed by atoms with E-state index in [0.29, 0.717) is 0 Å². The first kappa shape index (κ1) is 11.3. The quantitative estimate of drug-likeness (QED) is 0.428. The normalized spacial score (nSPS) is 10.8. The summed E-state index contributed by atoms with van der Waals surface area (Å²) >= 11 is 4.63. The van der Waals surface area contributed by atoms with Crippen LogP contribution in [0.25, 0.3) is 10.8 Å². The van der Waals surface area contributed by atoms with E-state index in [2.05, 4.69) is 22.7 Å². The average molecular weight is 245 g/mol. The predicted molar refractivity (Wildman–Crippen MR) is 73.1 cm³/mol. The number of hydrazone groups is 1. The number of aromatic hydroxyl groups is 1. The molecule has 2 aromatic carbocycles. The Morgan fingerprint density at radius 2 is 1.94 bits per heavy atom. The summed E-state index contributed by atoms with van der Waals surface area (Å²) in [4.78, 5) is 0. The van der Waals surface area contributed by atoms with E-state index >= 15 is 0 Å². The van der Waals surface area contributed by atoms with E-state index in [4.69, 9.17) is 5.73 Å². The molecule has 0 saturated carbocycles. The van der Waals surface area contributed by atoms with Gasteiger partial charge < -0.3 is 10.8 Å². The third kappa shape index (κ3) is 2.92. The zero-order valence-corrected chi connectivity index (χ0v) is 9.74. The van der Waals surface area contributed by atoms with Gasteiger partial charge in [0.2, 0.25) is 0 Å². The summed E-state index contributed by atoms with van der Waals surface area (Å²) < 4.78 is 0. The number of rotatable bonds is 2. The van der Waals surface area contributed by atoms with Gasteiger partial charge in [-0.1, -0.05) is 18.2 Å². The van der Waals surface area contributed by atoms with Gasteiger partial charge in [0, 0.05) is 0 Å². The second-order valence-electron chi connectivity index (χ2n) is 3.53. The zero-order valence-electron chi connectivity index (χ0n) is 8.92. The highest BCUT2D eigenvalue weighted by atomic mass is 32.1. The molecule has 2 rings (SSSR count). The number of phenols is 1. The van der Waals surface area contributed by atoms with Crippen LogP contribution in [0.4, 0.5) is 0 Å². The smallest absolute Gasteiger partial charge is 0.184 e. The number of hydrogen-bond donors (Lipinski definition) is 3. The van der Waals surface area contributed by atoms with Gasteiger partial charge >= 0.3 is 0 Å². The Bertz CT molecular complexity index is 595. The second-order valence-corrected chi connectivity index (χ2v) is 3.96. The maximum Gasteiger partial charge on any atom is 0.184 e. The van der Waals surface area contributed by atoms with Crippen molar-refractivity contribution < 1.29 is 5.11 Å². The molecule has 0 aromatic heterocycles. The molecule has 0 amide bonds. The molecule has 0 atom stereocenters.